The maximum atomic E-state index is 11.8. The molecule has 0 unspecified atom stereocenters. The predicted molar refractivity (Wildman–Crippen MR) is 61.5 cm³/mol. The largest absolute Gasteiger partial charge is 0.365 e. The fourth-order valence-corrected chi connectivity index (χ4v) is 1.87. The SMILES string of the molecule is CCc1ccc(N2CCNCC2)c(=O)[nH]1. The lowest BCUT2D eigenvalue weighted by molar-refractivity contribution is 0.587. The van der Waals surface area contributed by atoms with E-state index in [1.807, 2.05) is 19.1 Å². The third-order valence-electron chi connectivity index (χ3n) is 2.79. The molecule has 0 aliphatic carbocycles. The summed E-state index contributed by atoms with van der Waals surface area (Å²) in [5.74, 6) is 0. The molecule has 0 amide bonds. The number of H-pyrrole nitrogens is 1. The number of hydrogen-bond acceptors (Lipinski definition) is 3. The number of nitrogens with zero attached hydrogens (tertiary/aromatic N) is 1. The second-order valence-electron chi connectivity index (χ2n) is 3.79. The molecule has 1 fully saturated rings. The minimum absolute atomic E-state index is 0.0382. The Bertz CT molecular complexity index is 380. The molecule has 2 N–H and O–H groups in total. The van der Waals surface area contributed by atoms with Gasteiger partial charge in [-0.1, -0.05) is 6.92 Å². The topological polar surface area (TPSA) is 48.1 Å². The molecule has 1 aromatic rings. The summed E-state index contributed by atoms with van der Waals surface area (Å²) < 4.78 is 0. The van der Waals surface area contributed by atoms with Crippen LogP contribution in [0.3, 0.4) is 0 Å². The molecule has 0 spiro atoms. The molecule has 2 rings (SSSR count). The standard InChI is InChI=1S/C11H17N3O/c1-2-9-3-4-10(11(15)13-9)14-7-5-12-6-8-14/h3-4,12H,2,5-8H2,1H3,(H,13,15). The van der Waals surface area contributed by atoms with Crippen LogP contribution in [-0.2, 0) is 6.42 Å². The number of piperazine rings is 1. The molecule has 1 aliphatic heterocycles. The Morgan fingerprint density at radius 2 is 2.07 bits per heavy atom. The van der Waals surface area contributed by atoms with Gasteiger partial charge >= 0.3 is 0 Å². The molecular weight excluding hydrogens is 190 g/mol. The summed E-state index contributed by atoms with van der Waals surface area (Å²) in [4.78, 5) is 16.8. The van der Waals surface area contributed by atoms with Crippen LogP contribution in [0, 0.1) is 0 Å². The molecule has 0 saturated carbocycles. The van der Waals surface area contributed by atoms with Crippen LogP contribution in [0.2, 0.25) is 0 Å². The maximum absolute atomic E-state index is 11.8. The van der Waals surface area contributed by atoms with E-state index < -0.39 is 0 Å². The summed E-state index contributed by atoms with van der Waals surface area (Å²) in [6, 6.07) is 3.93. The number of nitrogens with one attached hydrogen (secondary N) is 2. The molecule has 15 heavy (non-hydrogen) atoms. The van der Waals surface area contributed by atoms with E-state index in [9.17, 15) is 4.79 Å². The molecular formula is C11H17N3O. The molecule has 2 heterocycles. The van der Waals surface area contributed by atoms with Crippen molar-refractivity contribution in [3.63, 3.8) is 0 Å². The number of anilines is 1. The Kier molecular flexibility index (Phi) is 3.06. The number of aryl methyl sites for hydroxylation is 1. The maximum Gasteiger partial charge on any atom is 0.271 e. The van der Waals surface area contributed by atoms with E-state index in [2.05, 4.69) is 15.2 Å². The summed E-state index contributed by atoms with van der Waals surface area (Å²) in [6.45, 7) is 5.77. The van der Waals surface area contributed by atoms with Gasteiger partial charge in [0.15, 0.2) is 0 Å². The average Bonchev–Trinajstić information content (AvgIpc) is 2.30. The van der Waals surface area contributed by atoms with Gasteiger partial charge in [-0.15, -0.1) is 0 Å². The van der Waals surface area contributed by atoms with Gasteiger partial charge in [0.2, 0.25) is 0 Å². The fourth-order valence-electron chi connectivity index (χ4n) is 1.87. The van der Waals surface area contributed by atoms with Gasteiger partial charge in [0, 0.05) is 31.9 Å². The van der Waals surface area contributed by atoms with E-state index in [1.165, 1.54) is 0 Å². The lowest BCUT2D eigenvalue weighted by Crippen LogP contribution is -2.45. The van der Waals surface area contributed by atoms with Crippen molar-refractivity contribution < 1.29 is 0 Å². The van der Waals surface area contributed by atoms with E-state index in [4.69, 9.17) is 0 Å². The monoisotopic (exact) mass is 207 g/mol. The van der Waals surface area contributed by atoms with Gasteiger partial charge in [0.05, 0.1) is 0 Å². The zero-order valence-corrected chi connectivity index (χ0v) is 9.05. The molecule has 0 aromatic carbocycles. The summed E-state index contributed by atoms with van der Waals surface area (Å²) in [5.41, 5.74) is 1.84. The predicted octanol–water partition coefficient (Wildman–Crippen LogP) is 0.347. The Labute approximate surface area is 89.3 Å². The third kappa shape index (κ3) is 2.21. The zero-order chi connectivity index (χ0) is 10.7. The van der Waals surface area contributed by atoms with E-state index >= 15 is 0 Å². The first-order valence-corrected chi connectivity index (χ1v) is 5.49. The van der Waals surface area contributed by atoms with Crippen LogP contribution in [0.15, 0.2) is 16.9 Å². The highest BCUT2D eigenvalue weighted by Gasteiger charge is 2.13. The first-order chi connectivity index (χ1) is 7.31. The van der Waals surface area contributed by atoms with Gasteiger partial charge < -0.3 is 15.2 Å². The van der Waals surface area contributed by atoms with E-state index in [0.717, 1.165) is 44.0 Å². The number of aromatic nitrogens is 1. The quantitative estimate of drug-likeness (QED) is 0.735. The van der Waals surface area contributed by atoms with Crippen LogP contribution in [0.25, 0.3) is 0 Å². The second kappa shape index (κ2) is 4.49. The highest BCUT2D eigenvalue weighted by Crippen LogP contribution is 2.08. The van der Waals surface area contributed by atoms with Crippen molar-refractivity contribution in [1.82, 2.24) is 10.3 Å². The van der Waals surface area contributed by atoms with Crippen molar-refractivity contribution in [2.75, 3.05) is 31.1 Å². The van der Waals surface area contributed by atoms with Crippen LogP contribution < -0.4 is 15.8 Å². The first-order valence-electron chi connectivity index (χ1n) is 5.49. The molecule has 1 aliphatic rings. The number of hydrogen-bond donors (Lipinski definition) is 2. The zero-order valence-electron chi connectivity index (χ0n) is 9.05. The molecule has 1 saturated heterocycles. The Balaban J connectivity index is 2.24. The van der Waals surface area contributed by atoms with E-state index in [1.54, 1.807) is 0 Å². The molecule has 4 heteroatoms. The van der Waals surface area contributed by atoms with Gasteiger partial charge in [-0.3, -0.25) is 4.79 Å². The van der Waals surface area contributed by atoms with Crippen molar-refractivity contribution >= 4 is 5.69 Å². The Morgan fingerprint density at radius 3 is 2.67 bits per heavy atom. The third-order valence-corrected chi connectivity index (χ3v) is 2.79. The minimum Gasteiger partial charge on any atom is -0.365 e. The second-order valence-corrected chi connectivity index (χ2v) is 3.79. The van der Waals surface area contributed by atoms with Crippen LogP contribution >= 0.6 is 0 Å². The molecule has 0 atom stereocenters. The number of aromatic amines is 1. The summed E-state index contributed by atoms with van der Waals surface area (Å²) in [7, 11) is 0. The summed E-state index contributed by atoms with van der Waals surface area (Å²) in [6.07, 6.45) is 0.872. The van der Waals surface area contributed by atoms with Gasteiger partial charge in [-0.25, -0.2) is 0 Å². The molecule has 82 valence electrons. The highest BCUT2D eigenvalue weighted by atomic mass is 16.1. The normalized spacial score (nSPS) is 16.7. The Hall–Kier alpha value is -1.29. The number of rotatable bonds is 2. The van der Waals surface area contributed by atoms with E-state index in [0.29, 0.717) is 0 Å². The highest BCUT2D eigenvalue weighted by molar-refractivity contribution is 5.45. The van der Waals surface area contributed by atoms with Gasteiger partial charge in [-0.05, 0) is 18.6 Å². The van der Waals surface area contributed by atoms with Gasteiger partial charge in [0.25, 0.3) is 5.56 Å². The first kappa shape index (κ1) is 10.2. The average molecular weight is 207 g/mol. The smallest absolute Gasteiger partial charge is 0.271 e. The van der Waals surface area contributed by atoms with Gasteiger partial charge in [0.1, 0.15) is 5.69 Å². The molecule has 4 nitrogen and oxygen atoms in total. The lowest BCUT2D eigenvalue weighted by Gasteiger charge is -2.28. The van der Waals surface area contributed by atoms with Crippen LogP contribution in [0.4, 0.5) is 5.69 Å². The van der Waals surface area contributed by atoms with Crippen molar-refractivity contribution in [3.05, 3.63) is 28.2 Å². The van der Waals surface area contributed by atoms with Crippen molar-refractivity contribution in [2.45, 2.75) is 13.3 Å². The van der Waals surface area contributed by atoms with E-state index in [-0.39, 0.29) is 5.56 Å². The molecule has 1 aromatic heterocycles. The summed E-state index contributed by atoms with van der Waals surface area (Å²) >= 11 is 0. The number of pyridine rings is 1. The van der Waals surface area contributed by atoms with Crippen molar-refractivity contribution in [1.29, 1.82) is 0 Å². The van der Waals surface area contributed by atoms with Crippen LogP contribution in [-0.4, -0.2) is 31.2 Å². The lowest BCUT2D eigenvalue weighted by atomic mass is 10.2. The van der Waals surface area contributed by atoms with Crippen LogP contribution in [0.1, 0.15) is 12.6 Å². The Morgan fingerprint density at radius 1 is 1.33 bits per heavy atom. The van der Waals surface area contributed by atoms with Crippen molar-refractivity contribution in [2.24, 2.45) is 0 Å². The van der Waals surface area contributed by atoms with Gasteiger partial charge in [-0.2, -0.15) is 0 Å². The molecule has 0 bridgehead atoms. The van der Waals surface area contributed by atoms with Crippen molar-refractivity contribution in [3.8, 4) is 0 Å². The summed E-state index contributed by atoms with van der Waals surface area (Å²) in [5, 5.41) is 3.27. The fraction of sp³-hybridized carbons (Fsp3) is 0.545. The van der Waals surface area contributed by atoms with Crippen LogP contribution in [0.5, 0.6) is 0 Å². The minimum atomic E-state index is 0.0382. The molecule has 0 radical (unpaired) electrons.